The molecule has 1 aromatic rings. The van der Waals surface area contributed by atoms with Crippen molar-refractivity contribution in [2.24, 2.45) is 0 Å². The van der Waals surface area contributed by atoms with Crippen molar-refractivity contribution < 1.29 is 18.0 Å². The smallest absolute Gasteiger partial charge is 0.398 e. The molecule has 1 heterocycles. The third-order valence-electron chi connectivity index (χ3n) is 1.52. The number of aromatic nitrogens is 1. The van der Waals surface area contributed by atoms with Gasteiger partial charge in [-0.25, -0.2) is 4.57 Å². The van der Waals surface area contributed by atoms with E-state index in [9.17, 15) is 8.96 Å². The van der Waals surface area contributed by atoms with Gasteiger partial charge < -0.3 is 4.52 Å². The van der Waals surface area contributed by atoms with E-state index in [0.29, 0.717) is 0 Å². The Morgan fingerprint density at radius 3 is 2.76 bits per heavy atom. The fourth-order valence-electron chi connectivity index (χ4n) is 1.05. The van der Waals surface area contributed by atoms with Crippen LogP contribution in [0.15, 0.2) is 18.2 Å². The summed E-state index contributed by atoms with van der Waals surface area (Å²) in [5.41, 5.74) is 0. The summed E-state index contributed by atoms with van der Waals surface area (Å²) in [4.78, 5) is 3.49. The first kappa shape index (κ1) is 14.5. The molecular weight excluding hydrogens is 264 g/mol. The molecule has 0 spiro atoms. The molecule has 0 N–H and O–H groups in total. The molecule has 17 heavy (non-hydrogen) atoms. The maximum Gasteiger partial charge on any atom is 0.441 e. The van der Waals surface area contributed by atoms with E-state index in [1.54, 1.807) is 6.92 Å². The van der Waals surface area contributed by atoms with Crippen LogP contribution in [-0.4, -0.2) is 16.8 Å². The summed E-state index contributed by atoms with van der Waals surface area (Å²) >= 11 is 1.08. The van der Waals surface area contributed by atoms with E-state index >= 15 is 0 Å². The number of hydrogen-bond donors (Lipinski definition) is 0. The van der Waals surface area contributed by atoms with Crippen LogP contribution >= 0.6 is 18.2 Å². The Bertz CT molecular complexity index is 416. The van der Waals surface area contributed by atoms with Crippen molar-refractivity contribution in [1.82, 2.24) is 4.98 Å². The van der Waals surface area contributed by atoms with Crippen molar-refractivity contribution >= 4 is 18.2 Å². The van der Waals surface area contributed by atoms with E-state index in [2.05, 4.69) is 4.98 Å². The molecule has 0 radical (unpaired) electrons. The SMILES string of the molecule is CCOP(=O)(Oc1cccc(F)n1)SC(C)C. The highest BCUT2D eigenvalue weighted by molar-refractivity contribution is 8.55. The summed E-state index contributed by atoms with van der Waals surface area (Å²) in [5.74, 6) is -0.713. The summed E-state index contributed by atoms with van der Waals surface area (Å²) in [6, 6.07) is 4.07. The minimum Gasteiger partial charge on any atom is -0.398 e. The van der Waals surface area contributed by atoms with E-state index < -0.39 is 12.7 Å². The predicted octanol–water partition coefficient (Wildman–Crippen LogP) is 3.89. The third-order valence-corrected chi connectivity index (χ3v) is 5.77. The van der Waals surface area contributed by atoms with Gasteiger partial charge in [-0.3, -0.25) is 4.52 Å². The molecule has 1 rings (SSSR count). The first-order valence-electron chi connectivity index (χ1n) is 5.20. The van der Waals surface area contributed by atoms with E-state index in [-0.39, 0.29) is 17.7 Å². The van der Waals surface area contributed by atoms with Gasteiger partial charge in [0.05, 0.1) is 6.61 Å². The van der Waals surface area contributed by atoms with E-state index in [1.165, 1.54) is 18.2 Å². The standard InChI is InChI=1S/C10H15FNO3PS/c1-4-14-16(13,17-8(2)3)15-10-7-5-6-9(11)12-10/h5-8H,4H2,1-3H3. The molecule has 1 atom stereocenters. The summed E-state index contributed by atoms with van der Waals surface area (Å²) in [6.45, 7) is 2.39. The third kappa shape index (κ3) is 5.06. The summed E-state index contributed by atoms with van der Waals surface area (Å²) in [5, 5.41) is 0.0703. The van der Waals surface area contributed by atoms with E-state index in [1.807, 2.05) is 13.8 Å². The predicted molar refractivity (Wildman–Crippen MR) is 66.8 cm³/mol. The van der Waals surface area contributed by atoms with Crippen LogP contribution in [0.25, 0.3) is 0 Å². The van der Waals surface area contributed by atoms with Gasteiger partial charge in [0.15, 0.2) is 0 Å². The number of rotatable bonds is 6. The van der Waals surface area contributed by atoms with Gasteiger partial charge in [0, 0.05) is 11.3 Å². The number of nitrogens with zero attached hydrogens (tertiary/aromatic N) is 1. The van der Waals surface area contributed by atoms with Crippen molar-refractivity contribution in [3.63, 3.8) is 0 Å². The van der Waals surface area contributed by atoms with Crippen LogP contribution in [0.1, 0.15) is 20.8 Å². The van der Waals surface area contributed by atoms with Gasteiger partial charge in [0.25, 0.3) is 0 Å². The molecule has 0 aliphatic rings. The molecule has 0 aliphatic carbocycles. The monoisotopic (exact) mass is 279 g/mol. The number of hydrogen-bond acceptors (Lipinski definition) is 5. The molecule has 96 valence electrons. The average molecular weight is 279 g/mol. The van der Waals surface area contributed by atoms with E-state index in [0.717, 1.165) is 11.4 Å². The van der Waals surface area contributed by atoms with Crippen LogP contribution in [0.4, 0.5) is 4.39 Å². The van der Waals surface area contributed by atoms with Gasteiger partial charge in [0.1, 0.15) is 0 Å². The van der Waals surface area contributed by atoms with Gasteiger partial charge >= 0.3 is 6.80 Å². The number of halogens is 1. The molecule has 0 fully saturated rings. The highest BCUT2D eigenvalue weighted by Crippen LogP contribution is 2.61. The lowest BCUT2D eigenvalue weighted by Crippen LogP contribution is -2.00. The molecular formula is C10H15FNO3PS. The Kier molecular flexibility index (Phi) is 5.43. The molecule has 0 bridgehead atoms. The zero-order valence-corrected chi connectivity index (χ0v) is 11.6. The first-order chi connectivity index (χ1) is 7.95. The van der Waals surface area contributed by atoms with Gasteiger partial charge in [0.2, 0.25) is 11.8 Å². The molecule has 4 nitrogen and oxygen atoms in total. The molecule has 1 unspecified atom stereocenters. The van der Waals surface area contributed by atoms with Crippen molar-refractivity contribution in [1.29, 1.82) is 0 Å². The lowest BCUT2D eigenvalue weighted by Gasteiger charge is -2.18. The second kappa shape index (κ2) is 6.38. The molecule has 0 amide bonds. The van der Waals surface area contributed by atoms with Crippen LogP contribution in [0.5, 0.6) is 5.88 Å². The molecule has 0 aliphatic heterocycles. The Morgan fingerprint density at radius 2 is 2.24 bits per heavy atom. The highest BCUT2D eigenvalue weighted by atomic mass is 32.7. The fourth-order valence-corrected chi connectivity index (χ4v) is 4.78. The van der Waals surface area contributed by atoms with Crippen molar-refractivity contribution in [2.45, 2.75) is 26.0 Å². The molecule has 0 saturated carbocycles. The topological polar surface area (TPSA) is 48.4 Å². The molecule has 0 aromatic carbocycles. The Morgan fingerprint density at radius 1 is 1.53 bits per heavy atom. The summed E-state index contributed by atoms with van der Waals surface area (Å²) in [7, 11) is 0. The molecule has 1 aromatic heterocycles. The maximum atomic E-state index is 12.9. The van der Waals surface area contributed by atoms with Crippen LogP contribution in [0.2, 0.25) is 0 Å². The van der Waals surface area contributed by atoms with E-state index in [4.69, 9.17) is 9.05 Å². The normalized spacial score (nSPS) is 14.6. The van der Waals surface area contributed by atoms with Crippen LogP contribution in [0.3, 0.4) is 0 Å². The van der Waals surface area contributed by atoms with Crippen molar-refractivity contribution in [3.8, 4) is 5.88 Å². The molecule has 0 saturated heterocycles. The quantitative estimate of drug-likeness (QED) is 0.584. The van der Waals surface area contributed by atoms with Crippen LogP contribution in [-0.2, 0) is 9.09 Å². The van der Waals surface area contributed by atoms with Crippen LogP contribution < -0.4 is 4.52 Å². The number of pyridine rings is 1. The fraction of sp³-hybridized carbons (Fsp3) is 0.500. The second-order valence-corrected chi connectivity index (χ2v) is 7.87. The van der Waals surface area contributed by atoms with Gasteiger partial charge in [-0.1, -0.05) is 19.9 Å². The lowest BCUT2D eigenvalue weighted by molar-refractivity contribution is 0.292. The second-order valence-electron chi connectivity index (χ2n) is 3.41. The minimum absolute atomic E-state index is 0.0325. The minimum atomic E-state index is -3.33. The maximum absolute atomic E-state index is 12.9. The first-order valence-corrected chi connectivity index (χ1v) is 8.23. The van der Waals surface area contributed by atoms with Crippen molar-refractivity contribution in [2.75, 3.05) is 6.61 Å². The van der Waals surface area contributed by atoms with Gasteiger partial charge in [-0.15, -0.1) is 0 Å². The Balaban J connectivity index is 2.82. The summed E-state index contributed by atoms with van der Waals surface area (Å²) < 4.78 is 35.4. The molecule has 7 heteroatoms. The van der Waals surface area contributed by atoms with Crippen molar-refractivity contribution in [3.05, 3.63) is 24.1 Å². The zero-order chi connectivity index (χ0) is 12.9. The zero-order valence-electron chi connectivity index (χ0n) is 9.92. The van der Waals surface area contributed by atoms with Gasteiger partial charge in [-0.05, 0) is 24.4 Å². The highest BCUT2D eigenvalue weighted by Gasteiger charge is 2.29. The van der Waals surface area contributed by atoms with Crippen LogP contribution in [0, 0.1) is 5.95 Å². The lowest BCUT2D eigenvalue weighted by atomic mass is 10.5. The van der Waals surface area contributed by atoms with Gasteiger partial charge in [-0.2, -0.15) is 9.37 Å². The Labute approximate surface area is 104 Å². The largest absolute Gasteiger partial charge is 0.441 e. The summed E-state index contributed by atoms with van der Waals surface area (Å²) in [6.07, 6.45) is 0. The Hall–Kier alpha value is -0.580. The average Bonchev–Trinajstić information content (AvgIpc) is 2.15.